The van der Waals surface area contributed by atoms with Gasteiger partial charge in [-0.25, -0.2) is 0 Å². The zero-order valence-corrected chi connectivity index (χ0v) is 21.8. The van der Waals surface area contributed by atoms with Crippen LogP contribution in [0.2, 0.25) is 0 Å². The van der Waals surface area contributed by atoms with E-state index in [1.807, 2.05) is 13.8 Å². The van der Waals surface area contributed by atoms with Gasteiger partial charge in [0.05, 0.1) is 18.9 Å². The van der Waals surface area contributed by atoms with Crippen molar-refractivity contribution in [2.45, 2.75) is 33.5 Å². The summed E-state index contributed by atoms with van der Waals surface area (Å²) in [5, 5.41) is 28.0. The minimum atomic E-state index is -3.96. The Morgan fingerprint density at radius 1 is 1.05 bits per heavy atom. The fourth-order valence-corrected chi connectivity index (χ4v) is 5.36. The van der Waals surface area contributed by atoms with Crippen LogP contribution in [-0.4, -0.2) is 44.6 Å². The van der Waals surface area contributed by atoms with Crippen LogP contribution in [0.25, 0.3) is 22.8 Å². The molecule has 4 aromatic rings. The molecule has 3 N–H and O–H groups in total. The third-order valence-corrected chi connectivity index (χ3v) is 7.65. The molecule has 0 aliphatic rings. The van der Waals surface area contributed by atoms with Crippen LogP contribution in [0.15, 0.2) is 52.9 Å². The van der Waals surface area contributed by atoms with E-state index >= 15 is 0 Å². The van der Waals surface area contributed by atoms with Gasteiger partial charge in [0.25, 0.3) is 17.7 Å². The van der Waals surface area contributed by atoms with Gasteiger partial charge in [0.15, 0.2) is 0 Å². The highest BCUT2D eigenvalue weighted by atomic mass is 31.2. The molecule has 0 fully saturated rings. The van der Waals surface area contributed by atoms with Crippen molar-refractivity contribution in [3.63, 3.8) is 0 Å². The molecule has 2 aromatic carbocycles. The van der Waals surface area contributed by atoms with Crippen molar-refractivity contribution in [2.24, 2.45) is 0 Å². The number of carbonyl (C=O) groups excluding carboxylic acids is 1. The average molecular weight is 526 g/mol. The number of nitrogens with one attached hydrogen (secondary N) is 2. The minimum absolute atomic E-state index is 0.0371. The van der Waals surface area contributed by atoms with E-state index in [9.17, 15) is 14.5 Å². The molecule has 0 spiro atoms. The number of rotatable bonds is 10. The molecule has 0 aliphatic heterocycles. The van der Waals surface area contributed by atoms with Crippen LogP contribution < -0.4 is 5.32 Å². The third-order valence-electron chi connectivity index (χ3n) is 5.43. The Hall–Kier alpha value is -3.79. The van der Waals surface area contributed by atoms with Gasteiger partial charge < -0.3 is 23.9 Å². The lowest BCUT2D eigenvalue weighted by atomic mass is 10.1. The Balaban J connectivity index is 1.68. The maximum Gasteiger partial charge on any atom is 0.362 e. The van der Waals surface area contributed by atoms with E-state index in [1.54, 1.807) is 62.4 Å². The monoisotopic (exact) mass is 525 g/mol. The van der Waals surface area contributed by atoms with Crippen LogP contribution in [-0.2, 0) is 13.6 Å². The number of phenols is 1. The highest BCUT2D eigenvalue weighted by Crippen LogP contribution is 2.59. The van der Waals surface area contributed by atoms with E-state index in [1.165, 1.54) is 0 Å². The molecular formula is C25H28N5O6P. The van der Waals surface area contributed by atoms with Crippen molar-refractivity contribution in [1.29, 1.82) is 0 Å². The molecule has 0 saturated carbocycles. The van der Waals surface area contributed by atoms with Gasteiger partial charge in [-0.1, -0.05) is 29.3 Å². The maximum absolute atomic E-state index is 13.7. The topological polar surface area (TPSA) is 152 Å². The van der Waals surface area contributed by atoms with Gasteiger partial charge in [0, 0.05) is 11.1 Å². The molecule has 0 aliphatic carbocycles. The molecule has 0 bridgehead atoms. The van der Waals surface area contributed by atoms with Crippen LogP contribution in [0, 0.1) is 13.8 Å². The highest BCUT2D eigenvalue weighted by molar-refractivity contribution is 7.54. The Morgan fingerprint density at radius 3 is 2.41 bits per heavy atom. The average Bonchev–Trinajstić information content (AvgIpc) is 3.54. The molecule has 2 heterocycles. The van der Waals surface area contributed by atoms with Gasteiger partial charge in [-0.3, -0.25) is 14.5 Å². The number of hydrogen-bond donors (Lipinski definition) is 3. The maximum atomic E-state index is 13.7. The van der Waals surface area contributed by atoms with E-state index in [0.29, 0.717) is 22.5 Å². The van der Waals surface area contributed by atoms with Crippen LogP contribution in [0.5, 0.6) is 5.75 Å². The quantitative estimate of drug-likeness (QED) is 0.239. The molecule has 11 nitrogen and oxygen atoms in total. The number of phenolic OH excluding ortho intramolecular Hbond substituents is 1. The zero-order chi connectivity index (χ0) is 26.6. The summed E-state index contributed by atoms with van der Waals surface area (Å²) in [4.78, 5) is 13.0. The van der Waals surface area contributed by atoms with Crippen molar-refractivity contribution < 1.29 is 27.9 Å². The van der Waals surface area contributed by atoms with E-state index in [-0.39, 0.29) is 30.7 Å². The minimum Gasteiger partial charge on any atom is -0.507 e. The van der Waals surface area contributed by atoms with Crippen LogP contribution >= 0.6 is 7.60 Å². The van der Waals surface area contributed by atoms with Gasteiger partial charge in [-0.2, -0.15) is 5.10 Å². The predicted octanol–water partition coefficient (Wildman–Crippen LogP) is 5.14. The van der Waals surface area contributed by atoms with Crippen molar-refractivity contribution in [2.75, 3.05) is 13.2 Å². The number of carbonyl (C=O) groups is 1. The summed E-state index contributed by atoms with van der Waals surface area (Å²) in [6.45, 7) is 7.27. The fraction of sp³-hybridized carbons (Fsp3) is 0.280. The number of aromatic amines is 1. The molecule has 0 radical (unpaired) electrons. The first-order valence-electron chi connectivity index (χ1n) is 11.7. The molecule has 1 unspecified atom stereocenters. The van der Waals surface area contributed by atoms with Gasteiger partial charge in [0.2, 0.25) is 5.78 Å². The molecule has 37 heavy (non-hydrogen) atoms. The van der Waals surface area contributed by atoms with Crippen molar-refractivity contribution >= 4 is 13.5 Å². The molecule has 12 heteroatoms. The number of nitrogens with zero attached hydrogens (tertiary/aromatic N) is 3. The second-order valence-electron chi connectivity index (χ2n) is 8.25. The smallest absolute Gasteiger partial charge is 0.362 e. The molecule has 1 amide bonds. The van der Waals surface area contributed by atoms with Gasteiger partial charge in [-0.15, -0.1) is 10.2 Å². The van der Waals surface area contributed by atoms with Gasteiger partial charge in [-0.05, 0) is 58.0 Å². The van der Waals surface area contributed by atoms with Crippen LogP contribution in [0.1, 0.15) is 47.0 Å². The fourth-order valence-electron chi connectivity index (χ4n) is 3.61. The number of aromatic hydroxyl groups is 1. The molecule has 1 atom stereocenters. The lowest BCUT2D eigenvalue weighted by molar-refractivity contribution is 0.0931. The normalized spacial score (nSPS) is 12.4. The molecule has 4 rings (SSSR count). The molecule has 2 aromatic heterocycles. The standard InChI is InChI=1S/C25H28N5O6P/c1-5-34-37(33,35-6-2)25(26-22(32)17-10-7-15(3)8-11-17)24-30-29-23(36-24)20-14-19(27-28-20)18-13-16(4)9-12-21(18)31/h7-14,25,31H,5-6H2,1-4H3,(H,26,32)(H,27,28). The van der Waals surface area contributed by atoms with Crippen LogP contribution in [0.3, 0.4) is 0 Å². The summed E-state index contributed by atoms with van der Waals surface area (Å²) in [5.74, 6) is -1.91. The first-order chi connectivity index (χ1) is 17.7. The second kappa shape index (κ2) is 11.1. The Kier molecular flexibility index (Phi) is 7.87. The summed E-state index contributed by atoms with van der Waals surface area (Å²) < 4.78 is 30.5. The van der Waals surface area contributed by atoms with Gasteiger partial charge in [0.1, 0.15) is 11.4 Å². The third kappa shape index (κ3) is 5.80. The summed E-state index contributed by atoms with van der Waals surface area (Å²) in [5.41, 5.74) is 3.65. The number of H-pyrrole nitrogens is 1. The first kappa shape index (κ1) is 26.3. The Bertz CT molecular complexity index is 1420. The van der Waals surface area contributed by atoms with E-state index in [0.717, 1.165) is 11.1 Å². The Morgan fingerprint density at radius 2 is 1.73 bits per heavy atom. The van der Waals surface area contributed by atoms with Crippen molar-refractivity contribution in [1.82, 2.24) is 25.7 Å². The SMILES string of the molecule is CCOP(=O)(OCC)C(NC(=O)c1ccc(C)cc1)c1nnc(-c2cc(-c3cc(C)ccc3O)n[nH]2)o1. The van der Waals surface area contributed by atoms with E-state index < -0.39 is 19.3 Å². The predicted molar refractivity (Wildman–Crippen MR) is 136 cm³/mol. The lowest BCUT2D eigenvalue weighted by Gasteiger charge is -2.24. The van der Waals surface area contributed by atoms with Crippen molar-refractivity contribution in [3.8, 4) is 28.6 Å². The number of hydrogen-bond acceptors (Lipinski definition) is 9. The number of aryl methyl sites for hydroxylation is 2. The molecular weight excluding hydrogens is 497 g/mol. The lowest BCUT2D eigenvalue weighted by Crippen LogP contribution is -2.30. The summed E-state index contributed by atoms with van der Waals surface area (Å²) >= 11 is 0. The summed E-state index contributed by atoms with van der Waals surface area (Å²) in [6, 6.07) is 13.7. The van der Waals surface area contributed by atoms with E-state index in [4.69, 9.17) is 13.5 Å². The largest absolute Gasteiger partial charge is 0.507 e. The van der Waals surface area contributed by atoms with E-state index in [2.05, 4.69) is 25.7 Å². The number of aromatic nitrogens is 4. The Labute approximate surface area is 213 Å². The van der Waals surface area contributed by atoms with Crippen LogP contribution in [0.4, 0.5) is 0 Å². The summed E-state index contributed by atoms with van der Waals surface area (Å²) in [7, 11) is -3.96. The second-order valence-corrected chi connectivity index (χ2v) is 10.4. The molecule has 0 saturated heterocycles. The van der Waals surface area contributed by atoms with Crippen molar-refractivity contribution in [3.05, 3.63) is 71.1 Å². The summed E-state index contributed by atoms with van der Waals surface area (Å²) in [6.07, 6.45) is 0. The van der Waals surface area contributed by atoms with Gasteiger partial charge >= 0.3 is 7.60 Å². The highest BCUT2D eigenvalue weighted by Gasteiger charge is 2.42. The zero-order valence-electron chi connectivity index (χ0n) is 20.9. The number of amides is 1. The molecule has 194 valence electrons. The number of benzene rings is 2. The first-order valence-corrected chi connectivity index (χ1v) is 13.3.